The van der Waals surface area contributed by atoms with Crippen molar-refractivity contribution in [3.8, 4) is 5.69 Å². The molecule has 2 aliphatic rings. The molecule has 0 saturated carbocycles. The molecule has 0 aliphatic carbocycles. The second-order valence-corrected chi connectivity index (χ2v) is 7.17. The number of amides is 2. The molecule has 2 aromatic carbocycles. The molecule has 2 N–H and O–H groups in total. The summed E-state index contributed by atoms with van der Waals surface area (Å²) in [4.78, 5) is 25.7. The van der Waals surface area contributed by atoms with Crippen LogP contribution in [0.5, 0.6) is 0 Å². The minimum atomic E-state index is -1.04. The maximum absolute atomic E-state index is 13.1. The molecule has 3 aromatic rings. The Morgan fingerprint density at radius 1 is 1.00 bits per heavy atom. The first kappa shape index (κ1) is 15.8. The van der Waals surface area contributed by atoms with E-state index in [9.17, 15) is 9.59 Å². The average molecular weight is 358 g/mol. The van der Waals surface area contributed by atoms with Crippen molar-refractivity contribution in [2.45, 2.75) is 25.7 Å². The van der Waals surface area contributed by atoms with Crippen molar-refractivity contribution in [3.05, 3.63) is 70.9 Å². The first-order chi connectivity index (χ1) is 13.0. The Labute approximate surface area is 156 Å². The van der Waals surface area contributed by atoms with Gasteiger partial charge in [0, 0.05) is 17.7 Å². The van der Waals surface area contributed by atoms with Gasteiger partial charge in [0.1, 0.15) is 11.2 Å². The van der Waals surface area contributed by atoms with E-state index in [-0.39, 0.29) is 18.2 Å². The van der Waals surface area contributed by atoms with Crippen molar-refractivity contribution >= 4 is 23.3 Å². The van der Waals surface area contributed by atoms with Crippen LogP contribution in [0.15, 0.2) is 48.7 Å². The molecule has 1 aromatic heterocycles. The number of nitrogens with one attached hydrogen (secondary N) is 2. The Bertz CT molecular complexity index is 1130. The molecule has 0 fully saturated rings. The van der Waals surface area contributed by atoms with Crippen LogP contribution in [-0.2, 0) is 15.0 Å². The predicted octanol–water partition coefficient (Wildman–Crippen LogP) is 3.07. The van der Waals surface area contributed by atoms with Crippen molar-refractivity contribution in [2.75, 3.05) is 10.6 Å². The summed E-state index contributed by atoms with van der Waals surface area (Å²) < 4.78 is 1.73. The third-order valence-corrected chi connectivity index (χ3v) is 5.74. The molecule has 0 radical (unpaired) electrons. The third kappa shape index (κ3) is 1.98. The summed E-state index contributed by atoms with van der Waals surface area (Å²) in [7, 11) is 0. The van der Waals surface area contributed by atoms with E-state index in [0.29, 0.717) is 5.82 Å². The van der Waals surface area contributed by atoms with Gasteiger partial charge in [-0.15, -0.1) is 0 Å². The highest BCUT2D eigenvalue weighted by molar-refractivity contribution is 6.14. The van der Waals surface area contributed by atoms with Crippen LogP contribution in [0.25, 0.3) is 5.69 Å². The standard InChI is InChI=1S/C21H18N4O2/c1-12-6-5-9-17(13(12)2)25-19-15(11-22-25)21(10-18(26)24-19)14-7-3-4-8-16(14)23-20(21)27/h3-9,11H,10H2,1-2H3,(H,23,27)(H,24,26)/t21-/m1/s1. The third-order valence-electron chi connectivity index (χ3n) is 5.74. The van der Waals surface area contributed by atoms with Crippen molar-refractivity contribution in [1.29, 1.82) is 0 Å². The summed E-state index contributed by atoms with van der Waals surface area (Å²) in [6.07, 6.45) is 1.78. The minimum Gasteiger partial charge on any atom is -0.325 e. The van der Waals surface area contributed by atoms with Gasteiger partial charge in [0.05, 0.1) is 11.9 Å². The van der Waals surface area contributed by atoms with Crippen LogP contribution in [-0.4, -0.2) is 21.6 Å². The highest BCUT2D eigenvalue weighted by Gasteiger charge is 2.54. The van der Waals surface area contributed by atoms with Gasteiger partial charge in [0.25, 0.3) is 0 Å². The maximum Gasteiger partial charge on any atom is 0.240 e. The van der Waals surface area contributed by atoms with Gasteiger partial charge in [-0.1, -0.05) is 30.3 Å². The predicted molar refractivity (Wildman–Crippen MR) is 102 cm³/mol. The van der Waals surface area contributed by atoms with Gasteiger partial charge in [-0.05, 0) is 42.7 Å². The molecular formula is C21H18N4O2. The number of fused-ring (bicyclic) bond motifs is 4. The lowest BCUT2D eigenvalue weighted by Crippen LogP contribution is -2.43. The van der Waals surface area contributed by atoms with Gasteiger partial charge in [-0.2, -0.15) is 5.10 Å². The quantitative estimate of drug-likeness (QED) is 0.702. The van der Waals surface area contributed by atoms with Crippen LogP contribution >= 0.6 is 0 Å². The van der Waals surface area contributed by atoms with E-state index in [1.165, 1.54) is 0 Å². The van der Waals surface area contributed by atoms with Gasteiger partial charge < -0.3 is 10.6 Å². The number of nitrogens with zero attached hydrogens (tertiary/aromatic N) is 2. The van der Waals surface area contributed by atoms with Crippen LogP contribution < -0.4 is 10.6 Å². The molecule has 0 unspecified atom stereocenters. The Kier molecular flexibility index (Phi) is 3.10. The minimum absolute atomic E-state index is 0.0708. The molecule has 3 heterocycles. The van der Waals surface area contributed by atoms with Crippen molar-refractivity contribution < 1.29 is 9.59 Å². The molecule has 1 atom stereocenters. The van der Waals surface area contributed by atoms with Crippen LogP contribution in [0.1, 0.15) is 28.7 Å². The summed E-state index contributed by atoms with van der Waals surface area (Å²) in [6.45, 7) is 4.06. The van der Waals surface area contributed by atoms with Crippen molar-refractivity contribution in [1.82, 2.24) is 9.78 Å². The fourth-order valence-corrected chi connectivity index (χ4v) is 4.20. The van der Waals surface area contributed by atoms with Crippen LogP contribution in [0.3, 0.4) is 0 Å². The Morgan fingerprint density at radius 2 is 1.81 bits per heavy atom. The normalized spacial score (nSPS) is 20.2. The summed E-state index contributed by atoms with van der Waals surface area (Å²) >= 11 is 0. The molecule has 0 saturated heterocycles. The lowest BCUT2D eigenvalue weighted by molar-refractivity contribution is -0.125. The molecule has 27 heavy (non-hydrogen) atoms. The molecule has 6 heteroatoms. The lowest BCUT2D eigenvalue weighted by atomic mass is 9.72. The summed E-state index contributed by atoms with van der Waals surface area (Å²) in [5.41, 5.74) is 4.37. The highest BCUT2D eigenvalue weighted by atomic mass is 16.2. The zero-order valence-corrected chi connectivity index (χ0v) is 15.0. The number of benzene rings is 2. The van der Waals surface area contributed by atoms with E-state index in [1.807, 2.05) is 56.3 Å². The Hall–Kier alpha value is -3.41. The SMILES string of the molecule is Cc1cccc(-n2ncc3c2NC(=O)C[C@]32C(=O)Nc3ccccc32)c1C. The van der Waals surface area contributed by atoms with E-state index in [4.69, 9.17) is 0 Å². The van der Waals surface area contributed by atoms with E-state index in [1.54, 1.807) is 10.9 Å². The van der Waals surface area contributed by atoms with E-state index < -0.39 is 5.41 Å². The number of para-hydroxylation sites is 1. The first-order valence-electron chi connectivity index (χ1n) is 8.88. The van der Waals surface area contributed by atoms with Crippen LogP contribution in [0.4, 0.5) is 11.5 Å². The fourth-order valence-electron chi connectivity index (χ4n) is 4.20. The first-order valence-corrected chi connectivity index (χ1v) is 8.88. The molecule has 1 spiro atoms. The molecule has 2 aliphatic heterocycles. The van der Waals surface area contributed by atoms with Crippen molar-refractivity contribution in [2.24, 2.45) is 0 Å². The Morgan fingerprint density at radius 3 is 2.67 bits per heavy atom. The molecule has 6 nitrogen and oxygen atoms in total. The zero-order chi connectivity index (χ0) is 18.8. The van der Waals surface area contributed by atoms with Gasteiger partial charge in [0.2, 0.25) is 11.8 Å². The molecule has 134 valence electrons. The number of aryl methyl sites for hydroxylation is 1. The number of carbonyl (C=O) groups is 2. The molecule has 2 amide bonds. The van der Waals surface area contributed by atoms with E-state index in [0.717, 1.165) is 33.6 Å². The van der Waals surface area contributed by atoms with Gasteiger partial charge >= 0.3 is 0 Å². The summed E-state index contributed by atoms with van der Waals surface area (Å²) in [5.74, 6) is 0.188. The number of carbonyl (C=O) groups excluding carboxylic acids is 2. The summed E-state index contributed by atoms with van der Waals surface area (Å²) in [6, 6.07) is 13.5. The topological polar surface area (TPSA) is 76.0 Å². The molecular weight excluding hydrogens is 340 g/mol. The number of aromatic nitrogens is 2. The monoisotopic (exact) mass is 358 g/mol. The van der Waals surface area contributed by atoms with Crippen molar-refractivity contribution in [3.63, 3.8) is 0 Å². The van der Waals surface area contributed by atoms with Gasteiger partial charge in [-0.3, -0.25) is 9.59 Å². The Balaban J connectivity index is 1.78. The maximum atomic E-state index is 13.1. The molecule has 0 bridgehead atoms. The second-order valence-electron chi connectivity index (χ2n) is 7.17. The highest BCUT2D eigenvalue weighted by Crippen LogP contribution is 2.50. The number of anilines is 2. The van der Waals surface area contributed by atoms with E-state index >= 15 is 0 Å². The van der Waals surface area contributed by atoms with Crippen LogP contribution in [0, 0.1) is 13.8 Å². The van der Waals surface area contributed by atoms with Gasteiger partial charge in [0.15, 0.2) is 0 Å². The van der Waals surface area contributed by atoms with E-state index in [2.05, 4.69) is 15.7 Å². The second kappa shape index (κ2) is 5.30. The number of hydrogen-bond acceptors (Lipinski definition) is 3. The number of hydrogen-bond donors (Lipinski definition) is 2. The summed E-state index contributed by atoms with van der Waals surface area (Å²) in [5, 5.41) is 10.4. The fraction of sp³-hybridized carbons (Fsp3) is 0.190. The smallest absolute Gasteiger partial charge is 0.240 e. The average Bonchev–Trinajstić information content (AvgIpc) is 3.18. The van der Waals surface area contributed by atoms with Gasteiger partial charge in [-0.25, -0.2) is 4.68 Å². The lowest BCUT2D eigenvalue weighted by Gasteiger charge is -2.31. The largest absolute Gasteiger partial charge is 0.325 e. The zero-order valence-electron chi connectivity index (χ0n) is 15.0. The van der Waals surface area contributed by atoms with Crippen LogP contribution in [0.2, 0.25) is 0 Å². The number of rotatable bonds is 1. The molecule has 5 rings (SSSR count).